The number of rotatable bonds is 6. The van der Waals surface area contributed by atoms with E-state index < -0.39 is 0 Å². The minimum Gasteiger partial charge on any atom is -0.375 e. The second-order valence-electron chi connectivity index (χ2n) is 4.91. The number of amides is 1. The van der Waals surface area contributed by atoms with Crippen LogP contribution in [0, 0.1) is 5.92 Å². The number of anilines is 1. The van der Waals surface area contributed by atoms with Gasteiger partial charge in [0.25, 0.3) is 0 Å². The predicted octanol–water partition coefficient (Wildman–Crippen LogP) is 0.976. The third kappa shape index (κ3) is 3.47. The zero-order valence-corrected chi connectivity index (χ0v) is 10.8. The molecule has 3 N–H and O–H groups in total. The Morgan fingerprint density at radius 3 is 2.72 bits per heavy atom. The van der Waals surface area contributed by atoms with Gasteiger partial charge in [-0.05, 0) is 25.0 Å². The van der Waals surface area contributed by atoms with Crippen LogP contribution in [0.25, 0.3) is 0 Å². The Bertz CT molecular complexity index is 393. The Kier molecular flexibility index (Phi) is 4.20. The number of carbonyl (C=O) groups excluding carboxylic acids is 1. The first-order valence-corrected chi connectivity index (χ1v) is 6.48. The summed E-state index contributed by atoms with van der Waals surface area (Å²) in [6, 6.07) is 10.3. The van der Waals surface area contributed by atoms with Crippen LogP contribution < -0.4 is 16.0 Å². The van der Waals surface area contributed by atoms with Crippen molar-refractivity contribution in [2.45, 2.75) is 18.9 Å². The van der Waals surface area contributed by atoms with Gasteiger partial charge < -0.3 is 16.0 Å². The van der Waals surface area contributed by atoms with Crippen LogP contribution in [-0.4, -0.2) is 32.1 Å². The molecule has 4 nitrogen and oxygen atoms in total. The fourth-order valence-corrected chi connectivity index (χ4v) is 1.99. The number of hydrogen-bond acceptors (Lipinski definition) is 3. The highest BCUT2D eigenvalue weighted by atomic mass is 16.2. The van der Waals surface area contributed by atoms with Gasteiger partial charge in [-0.3, -0.25) is 4.79 Å². The van der Waals surface area contributed by atoms with Gasteiger partial charge in [0.1, 0.15) is 0 Å². The first-order valence-electron chi connectivity index (χ1n) is 6.48. The van der Waals surface area contributed by atoms with Crippen molar-refractivity contribution < 1.29 is 4.79 Å². The van der Waals surface area contributed by atoms with Gasteiger partial charge in [-0.1, -0.05) is 18.2 Å². The first-order chi connectivity index (χ1) is 8.68. The molecule has 98 valence electrons. The lowest BCUT2D eigenvalue weighted by Gasteiger charge is -2.19. The molecule has 0 aromatic heterocycles. The number of hydrogen-bond donors (Lipinski definition) is 2. The van der Waals surface area contributed by atoms with Gasteiger partial charge in [-0.15, -0.1) is 0 Å². The number of nitrogens with one attached hydrogen (secondary N) is 1. The molecule has 2 atom stereocenters. The van der Waals surface area contributed by atoms with E-state index in [1.165, 1.54) is 5.69 Å². The molecule has 2 rings (SSSR count). The zero-order valence-electron chi connectivity index (χ0n) is 10.8. The van der Waals surface area contributed by atoms with Crippen LogP contribution in [0.4, 0.5) is 5.69 Å². The summed E-state index contributed by atoms with van der Waals surface area (Å²) in [6.45, 7) is 1.65. The topological polar surface area (TPSA) is 58.4 Å². The van der Waals surface area contributed by atoms with Gasteiger partial charge in [0, 0.05) is 31.9 Å². The molecule has 0 aliphatic heterocycles. The van der Waals surface area contributed by atoms with Crippen molar-refractivity contribution >= 4 is 11.6 Å². The van der Waals surface area contributed by atoms with Crippen LogP contribution in [0.2, 0.25) is 0 Å². The van der Waals surface area contributed by atoms with E-state index in [9.17, 15) is 4.79 Å². The Balaban J connectivity index is 1.62. The van der Waals surface area contributed by atoms with Gasteiger partial charge in [-0.25, -0.2) is 0 Å². The van der Waals surface area contributed by atoms with Gasteiger partial charge in [0.05, 0.1) is 5.92 Å². The molecular formula is C14H21N3O. The number of nitrogens with two attached hydrogens (primary N) is 1. The second kappa shape index (κ2) is 5.87. The molecule has 1 aromatic rings. The molecular weight excluding hydrogens is 226 g/mol. The highest BCUT2D eigenvalue weighted by Crippen LogP contribution is 2.27. The quantitative estimate of drug-likeness (QED) is 0.737. The summed E-state index contributed by atoms with van der Waals surface area (Å²) in [5.74, 6) is 0.182. The summed E-state index contributed by atoms with van der Waals surface area (Å²) in [4.78, 5) is 13.7. The van der Waals surface area contributed by atoms with Crippen molar-refractivity contribution in [3.8, 4) is 0 Å². The Morgan fingerprint density at radius 1 is 1.44 bits per heavy atom. The molecule has 0 spiro atoms. The number of benzene rings is 1. The maximum atomic E-state index is 11.5. The van der Waals surface area contributed by atoms with Crippen LogP contribution >= 0.6 is 0 Å². The molecule has 0 saturated heterocycles. The lowest BCUT2D eigenvalue weighted by atomic mass is 10.3. The van der Waals surface area contributed by atoms with Crippen molar-refractivity contribution in [1.29, 1.82) is 0 Å². The molecule has 1 amide bonds. The second-order valence-corrected chi connectivity index (χ2v) is 4.91. The molecule has 1 aromatic carbocycles. The summed E-state index contributed by atoms with van der Waals surface area (Å²) in [7, 11) is 2.06. The van der Waals surface area contributed by atoms with E-state index in [4.69, 9.17) is 5.73 Å². The molecule has 1 aliphatic rings. The standard InChI is InChI=1S/C14H21N3O/c1-17(11-6-3-2-4-7-11)9-5-8-16-14(18)12-10-13(12)15/h2-4,6-7,12-13H,5,8-10,15H2,1H3,(H,16,18). The highest BCUT2D eigenvalue weighted by Gasteiger charge is 2.39. The molecule has 0 radical (unpaired) electrons. The van der Waals surface area contributed by atoms with E-state index in [0.717, 1.165) is 25.9 Å². The molecule has 1 fully saturated rings. The summed E-state index contributed by atoms with van der Waals surface area (Å²) >= 11 is 0. The van der Waals surface area contributed by atoms with Crippen LogP contribution in [0.3, 0.4) is 0 Å². The highest BCUT2D eigenvalue weighted by molar-refractivity contribution is 5.82. The average Bonchev–Trinajstić information content (AvgIpc) is 3.12. The van der Waals surface area contributed by atoms with Gasteiger partial charge in [0.2, 0.25) is 5.91 Å². The van der Waals surface area contributed by atoms with Crippen molar-refractivity contribution in [3.05, 3.63) is 30.3 Å². The molecule has 0 bridgehead atoms. The Labute approximate surface area is 108 Å². The SMILES string of the molecule is CN(CCCNC(=O)C1CC1N)c1ccccc1. The van der Waals surface area contributed by atoms with Crippen molar-refractivity contribution in [1.82, 2.24) is 5.32 Å². The largest absolute Gasteiger partial charge is 0.375 e. The molecule has 4 heteroatoms. The van der Waals surface area contributed by atoms with E-state index in [-0.39, 0.29) is 17.9 Å². The van der Waals surface area contributed by atoms with E-state index in [0.29, 0.717) is 0 Å². The monoisotopic (exact) mass is 247 g/mol. The summed E-state index contributed by atoms with van der Waals surface area (Å²) in [5, 5.41) is 2.94. The van der Waals surface area contributed by atoms with E-state index >= 15 is 0 Å². The van der Waals surface area contributed by atoms with E-state index in [1.54, 1.807) is 0 Å². The smallest absolute Gasteiger partial charge is 0.224 e. The van der Waals surface area contributed by atoms with Crippen molar-refractivity contribution in [2.24, 2.45) is 11.7 Å². The number of para-hydroxylation sites is 1. The fourth-order valence-electron chi connectivity index (χ4n) is 1.99. The summed E-state index contributed by atoms with van der Waals surface area (Å²) < 4.78 is 0. The molecule has 18 heavy (non-hydrogen) atoms. The minimum absolute atomic E-state index is 0.0665. The van der Waals surface area contributed by atoms with Crippen molar-refractivity contribution in [3.63, 3.8) is 0 Å². The predicted molar refractivity (Wildman–Crippen MR) is 73.4 cm³/mol. The molecule has 2 unspecified atom stereocenters. The maximum absolute atomic E-state index is 11.5. The number of nitrogens with zero attached hydrogens (tertiary/aromatic N) is 1. The minimum atomic E-state index is 0.0665. The van der Waals surface area contributed by atoms with Crippen molar-refractivity contribution in [2.75, 3.05) is 25.0 Å². The van der Waals surface area contributed by atoms with Crippen LogP contribution in [0.1, 0.15) is 12.8 Å². The zero-order chi connectivity index (χ0) is 13.0. The third-order valence-electron chi connectivity index (χ3n) is 3.34. The lowest BCUT2D eigenvalue weighted by Crippen LogP contribution is -2.30. The van der Waals surface area contributed by atoms with Gasteiger partial charge in [-0.2, -0.15) is 0 Å². The first kappa shape index (κ1) is 12.9. The molecule has 1 aliphatic carbocycles. The van der Waals surface area contributed by atoms with E-state index in [2.05, 4.69) is 29.4 Å². The Hall–Kier alpha value is -1.55. The van der Waals surface area contributed by atoms with Gasteiger partial charge in [0.15, 0.2) is 0 Å². The third-order valence-corrected chi connectivity index (χ3v) is 3.34. The number of carbonyl (C=O) groups is 1. The maximum Gasteiger partial charge on any atom is 0.224 e. The van der Waals surface area contributed by atoms with Crippen LogP contribution in [0.5, 0.6) is 0 Å². The Morgan fingerprint density at radius 2 is 2.11 bits per heavy atom. The summed E-state index contributed by atoms with van der Waals surface area (Å²) in [6.07, 6.45) is 1.79. The lowest BCUT2D eigenvalue weighted by molar-refractivity contribution is -0.122. The fraction of sp³-hybridized carbons (Fsp3) is 0.500. The summed E-state index contributed by atoms with van der Waals surface area (Å²) in [5.41, 5.74) is 6.83. The van der Waals surface area contributed by atoms with E-state index in [1.807, 2.05) is 18.2 Å². The van der Waals surface area contributed by atoms with Gasteiger partial charge >= 0.3 is 0 Å². The van der Waals surface area contributed by atoms with Crippen LogP contribution in [-0.2, 0) is 4.79 Å². The average molecular weight is 247 g/mol. The molecule has 1 saturated carbocycles. The van der Waals surface area contributed by atoms with Crippen LogP contribution in [0.15, 0.2) is 30.3 Å². The normalized spacial score (nSPS) is 21.4. The molecule has 0 heterocycles.